The Morgan fingerprint density at radius 3 is 2.82 bits per heavy atom. The molecule has 11 heavy (non-hydrogen) atoms. The summed E-state index contributed by atoms with van der Waals surface area (Å²) in [6, 6.07) is 3.79. The molecule has 2 heteroatoms. The lowest BCUT2D eigenvalue weighted by Crippen LogP contribution is -2.00. The zero-order valence-corrected chi connectivity index (χ0v) is 7.64. The lowest BCUT2D eigenvalue weighted by molar-refractivity contribution is 0.438. The van der Waals surface area contributed by atoms with Crippen LogP contribution < -0.4 is 0 Å². The van der Waals surface area contributed by atoms with Crippen molar-refractivity contribution < 1.29 is 4.42 Å². The average Bonchev–Trinajstić information content (AvgIpc) is 2.53. The molecule has 0 aliphatic rings. The van der Waals surface area contributed by atoms with E-state index in [1.165, 1.54) is 0 Å². The minimum absolute atomic E-state index is 0.0231. The van der Waals surface area contributed by atoms with Crippen LogP contribution in [0.3, 0.4) is 0 Å². The summed E-state index contributed by atoms with van der Waals surface area (Å²) in [4.78, 5) is 0. The number of hydrogen-bond donors (Lipinski definition) is 0. The van der Waals surface area contributed by atoms with E-state index in [4.69, 9.17) is 16.0 Å². The number of rotatable bonds is 3. The third-order valence-electron chi connectivity index (χ3n) is 1.96. The molecule has 0 spiro atoms. The van der Waals surface area contributed by atoms with E-state index in [9.17, 15) is 0 Å². The maximum atomic E-state index is 6.10. The molecule has 0 N–H and O–H groups in total. The molecule has 1 nitrogen and oxygen atoms in total. The second-order valence-corrected chi connectivity index (χ2v) is 3.27. The van der Waals surface area contributed by atoms with Crippen LogP contribution in [0.5, 0.6) is 0 Å². The molecule has 0 saturated heterocycles. The number of hydrogen-bond acceptors (Lipinski definition) is 1. The standard InChI is InChI=1S/C9H13ClO/c1-3-7(2)9(10)8-5-4-6-11-8/h4-7,9H,3H2,1-2H3. The van der Waals surface area contributed by atoms with Gasteiger partial charge in [0.2, 0.25) is 0 Å². The summed E-state index contributed by atoms with van der Waals surface area (Å²) < 4.78 is 5.19. The third kappa shape index (κ3) is 2.00. The Bertz CT molecular complexity index is 193. The van der Waals surface area contributed by atoms with E-state index in [-0.39, 0.29) is 5.38 Å². The summed E-state index contributed by atoms with van der Waals surface area (Å²) in [6.07, 6.45) is 2.74. The molecule has 1 rings (SSSR count). The number of furan rings is 1. The zero-order valence-electron chi connectivity index (χ0n) is 6.88. The van der Waals surface area contributed by atoms with E-state index in [0.717, 1.165) is 12.2 Å². The average molecular weight is 173 g/mol. The van der Waals surface area contributed by atoms with Gasteiger partial charge < -0.3 is 4.42 Å². The Hall–Kier alpha value is -0.430. The largest absolute Gasteiger partial charge is 0.468 e. The van der Waals surface area contributed by atoms with Gasteiger partial charge in [-0.2, -0.15) is 0 Å². The van der Waals surface area contributed by atoms with Gasteiger partial charge in [0, 0.05) is 0 Å². The Morgan fingerprint density at radius 1 is 1.64 bits per heavy atom. The van der Waals surface area contributed by atoms with Crippen molar-refractivity contribution in [3.05, 3.63) is 24.2 Å². The highest BCUT2D eigenvalue weighted by Crippen LogP contribution is 2.30. The first kappa shape index (κ1) is 8.66. The van der Waals surface area contributed by atoms with Crippen molar-refractivity contribution in [2.24, 2.45) is 5.92 Å². The van der Waals surface area contributed by atoms with Crippen molar-refractivity contribution in [1.29, 1.82) is 0 Å². The number of alkyl halides is 1. The maximum absolute atomic E-state index is 6.10. The van der Waals surface area contributed by atoms with Crippen molar-refractivity contribution in [3.63, 3.8) is 0 Å². The Morgan fingerprint density at radius 2 is 2.36 bits per heavy atom. The first-order chi connectivity index (χ1) is 5.25. The lowest BCUT2D eigenvalue weighted by Gasteiger charge is -2.12. The highest BCUT2D eigenvalue weighted by molar-refractivity contribution is 6.20. The molecule has 0 radical (unpaired) electrons. The van der Waals surface area contributed by atoms with Crippen LogP contribution in [-0.2, 0) is 0 Å². The molecule has 0 aromatic carbocycles. The first-order valence-corrected chi connectivity index (χ1v) is 4.36. The molecule has 0 fully saturated rings. The molecule has 1 heterocycles. The summed E-state index contributed by atoms with van der Waals surface area (Å²) in [5.74, 6) is 1.35. The van der Waals surface area contributed by atoms with E-state index in [1.807, 2.05) is 12.1 Å². The minimum Gasteiger partial charge on any atom is -0.468 e. The van der Waals surface area contributed by atoms with E-state index < -0.39 is 0 Å². The van der Waals surface area contributed by atoms with E-state index >= 15 is 0 Å². The molecule has 2 unspecified atom stereocenters. The van der Waals surface area contributed by atoms with E-state index in [2.05, 4.69) is 13.8 Å². The van der Waals surface area contributed by atoms with Crippen LogP contribution >= 0.6 is 11.6 Å². The van der Waals surface area contributed by atoms with Gasteiger partial charge >= 0.3 is 0 Å². The Balaban J connectivity index is 2.62. The van der Waals surface area contributed by atoms with Crippen LogP contribution in [0.15, 0.2) is 22.8 Å². The smallest absolute Gasteiger partial charge is 0.121 e. The fourth-order valence-electron chi connectivity index (χ4n) is 0.936. The number of halogens is 1. The molecule has 0 saturated carbocycles. The molecule has 1 aromatic heterocycles. The topological polar surface area (TPSA) is 13.1 Å². The predicted molar refractivity (Wildman–Crippen MR) is 46.8 cm³/mol. The molecular formula is C9H13ClO. The van der Waals surface area contributed by atoms with E-state index in [1.54, 1.807) is 6.26 Å². The molecular weight excluding hydrogens is 160 g/mol. The quantitative estimate of drug-likeness (QED) is 0.635. The van der Waals surface area contributed by atoms with Crippen LogP contribution in [-0.4, -0.2) is 0 Å². The fourth-order valence-corrected chi connectivity index (χ4v) is 1.24. The Labute approximate surface area is 72.4 Å². The molecule has 0 amide bonds. The van der Waals surface area contributed by atoms with Crippen molar-refractivity contribution in [2.75, 3.05) is 0 Å². The van der Waals surface area contributed by atoms with Gasteiger partial charge in [-0.3, -0.25) is 0 Å². The second kappa shape index (κ2) is 3.82. The normalized spacial score (nSPS) is 16.3. The third-order valence-corrected chi connectivity index (χ3v) is 2.60. The van der Waals surface area contributed by atoms with Gasteiger partial charge in [-0.15, -0.1) is 11.6 Å². The molecule has 1 aromatic rings. The minimum atomic E-state index is 0.0231. The van der Waals surface area contributed by atoms with Crippen molar-refractivity contribution in [2.45, 2.75) is 25.6 Å². The van der Waals surface area contributed by atoms with Gasteiger partial charge in [-0.1, -0.05) is 20.3 Å². The van der Waals surface area contributed by atoms with Crippen molar-refractivity contribution in [3.8, 4) is 0 Å². The summed E-state index contributed by atoms with van der Waals surface area (Å²) in [5, 5.41) is 0.0231. The summed E-state index contributed by atoms with van der Waals surface area (Å²) in [6.45, 7) is 4.25. The van der Waals surface area contributed by atoms with Crippen LogP contribution in [0.25, 0.3) is 0 Å². The summed E-state index contributed by atoms with van der Waals surface area (Å²) in [7, 11) is 0. The van der Waals surface area contributed by atoms with Crippen LogP contribution in [0.4, 0.5) is 0 Å². The van der Waals surface area contributed by atoms with Crippen LogP contribution in [0, 0.1) is 5.92 Å². The van der Waals surface area contributed by atoms with Gasteiger partial charge in [0.15, 0.2) is 0 Å². The van der Waals surface area contributed by atoms with Gasteiger partial charge in [-0.05, 0) is 18.1 Å². The Kier molecular flexibility index (Phi) is 3.01. The molecule has 0 aliphatic carbocycles. The van der Waals surface area contributed by atoms with Gasteiger partial charge in [0.05, 0.1) is 11.6 Å². The molecule has 62 valence electrons. The maximum Gasteiger partial charge on any atom is 0.121 e. The summed E-state index contributed by atoms with van der Waals surface area (Å²) in [5.41, 5.74) is 0. The lowest BCUT2D eigenvalue weighted by atomic mass is 10.0. The zero-order chi connectivity index (χ0) is 8.27. The van der Waals surface area contributed by atoms with Gasteiger partial charge in [-0.25, -0.2) is 0 Å². The van der Waals surface area contributed by atoms with Gasteiger partial charge in [0.1, 0.15) is 5.76 Å². The van der Waals surface area contributed by atoms with E-state index in [0.29, 0.717) is 5.92 Å². The van der Waals surface area contributed by atoms with Crippen LogP contribution in [0.1, 0.15) is 31.4 Å². The first-order valence-electron chi connectivity index (χ1n) is 3.93. The van der Waals surface area contributed by atoms with Gasteiger partial charge in [0.25, 0.3) is 0 Å². The SMILES string of the molecule is CCC(C)C(Cl)c1ccco1. The monoisotopic (exact) mass is 172 g/mol. The highest BCUT2D eigenvalue weighted by atomic mass is 35.5. The second-order valence-electron chi connectivity index (χ2n) is 2.80. The van der Waals surface area contributed by atoms with Crippen LogP contribution in [0.2, 0.25) is 0 Å². The highest BCUT2D eigenvalue weighted by Gasteiger charge is 2.16. The van der Waals surface area contributed by atoms with Crippen molar-refractivity contribution in [1.82, 2.24) is 0 Å². The molecule has 0 aliphatic heterocycles. The summed E-state index contributed by atoms with van der Waals surface area (Å²) >= 11 is 6.10. The fraction of sp³-hybridized carbons (Fsp3) is 0.556. The molecule has 0 bridgehead atoms. The molecule has 2 atom stereocenters. The van der Waals surface area contributed by atoms with Crippen molar-refractivity contribution >= 4 is 11.6 Å². The predicted octanol–water partition coefficient (Wildman–Crippen LogP) is 3.61.